The van der Waals surface area contributed by atoms with Gasteiger partial charge in [-0.05, 0) is 18.6 Å². The Labute approximate surface area is 131 Å². The van der Waals surface area contributed by atoms with E-state index in [1.807, 2.05) is 0 Å². The molecule has 5 heteroatoms. The summed E-state index contributed by atoms with van der Waals surface area (Å²) in [4.78, 5) is 23.7. The molecule has 2 N–H and O–H groups in total. The van der Waals surface area contributed by atoms with Gasteiger partial charge in [-0.2, -0.15) is 0 Å². The van der Waals surface area contributed by atoms with Crippen molar-refractivity contribution in [3.8, 4) is 5.75 Å². The third kappa shape index (κ3) is 6.43. The zero-order chi connectivity index (χ0) is 16.2. The highest BCUT2D eigenvalue weighted by Gasteiger charge is 2.12. The van der Waals surface area contributed by atoms with Crippen LogP contribution in [0.5, 0.6) is 5.75 Å². The van der Waals surface area contributed by atoms with Crippen molar-refractivity contribution in [2.45, 2.75) is 39.0 Å². The zero-order valence-electron chi connectivity index (χ0n) is 13.1. The molecule has 22 heavy (non-hydrogen) atoms. The number of hydrazine groups is 1. The third-order valence-corrected chi connectivity index (χ3v) is 3.06. The van der Waals surface area contributed by atoms with Gasteiger partial charge in [0.2, 0.25) is 5.91 Å². The van der Waals surface area contributed by atoms with Gasteiger partial charge in [0.25, 0.3) is 5.91 Å². The van der Waals surface area contributed by atoms with Gasteiger partial charge in [0.1, 0.15) is 12.4 Å². The van der Waals surface area contributed by atoms with Crippen molar-refractivity contribution in [2.75, 3.05) is 6.61 Å². The molecular formula is C17H24N2O3. The standard InChI is InChI=1S/C17H24N2O3/c1-3-5-6-7-12-16(20)18-19-17(21)14-10-8-9-11-15(14)22-13-4-2/h4,8-11H,2-3,5-7,12-13H2,1H3,(H,18,20)(H,19,21). The maximum atomic E-state index is 12.1. The fourth-order valence-electron chi connectivity index (χ4n) is 1.90. The Morgan fingerprint density at radius 1 is 1.18 bits per heavy atom. The van der Waals surface area contributed by atoms with Gasteiger partial charge in [0, 0.05) is 6.42 Å². The first-order chi connectivity index (χ1) is 10.7. The molecule has 0 atom stereocenters. The number of carbonyl (C=O) groups is 2. The summed E-state index contributed by atoms with van der Waals surface area (Å²) < 4.78 is 5.41. The predicted molar refractivity (Wildman–Crippen MR) is 86.5 cm³/mol. The lowest BCUT2D eigenvalue weighted by Gasteiger charge is -2.11. The van der Waals surface area contributed by atoms with E-state index >= 15 is 0 Å². The summed E-state index contributed by atoms with van der Waals surface area (Å²) in [5, 5.41) is 0. The van der Waals surface area contributed by atoms with Crippen LogP contribution in [0.15, 0.2) is 36.9 Å². The van der Waals surface area contributed by atoms with Crippen LogP contribution in [0, 0.1) is 0 Å². The average molecular weight is 304 g/mol. The number of benzene rings is 1. The molecule has 2 amide bonds. The highest BCUT2D eigenvalue weighted by molar-refractivity contribution is 5.97. The Balaban J connectivity index is 2.45. The van der Waals surface area contributed by atoms with E-state index in [-0.39, 0.29) is 5.91 Å². The predicted octanol–water partition coefficient (Wildman–Crippen LogP) is 2.98. The van der Waals surface area contributed by atoms with E-state index in [0.29, 0.717) is 24.3 Å². The van der Waals surface area contributed by atoms with E-state index in [0.717, 1.165) is 25.7 Å². The summed E-state index contributed by atoms with van der Waals surface area (Å²) in [6.07, 6.45) is 6.11. The maximum Gasteiger partial charge on any atom is 0.273 e. The van der Waals surface area contributed by atoms with Crippen molar-refractivity contribution < 1.29 is 14.3 Å². The molecule has 0 saturated carbocycles. The Morgan fingerprint density at radius 2 is 1.95 bits per heavy atom. The van der Waals surface area contributed by atoms with E-state index in [2.05, 4.69) is 24.4 Å². The number of carbonyl (C=O) groups excluding carboxylic acids is 2. The molecule has 1 aromatic carbocycles. The van der Waals surface area contributed by atoms with Crippen LogP contribution in [-0.2, 0) is 4.79 Å². The fourth-order valence-corrected chi connectivity index (χ4v) is 1.90. The van der Waals surface area contributed by atoms with Crippen LogP contribution in [0.3, 0.4) is 0 Å². The molecule has 0 radical (unpaired) electrons. The molecule has 1 rings (SSSR count). The van der Waals surface area contributed by atoms with E-state index in [4.69, 9.17) is 4.74 Å². The second-order valence-corrected chi connectivity index (χ2v) is 4.91. The lowest BCUT2D eigenvalue weighted by atomic mass is 10.1. The number of nitrogens with one attached hydrogen (secondary N) is 2. The number of para-hydroxylation sites is 1. The molecule has 0 fully saturated rings. The first kappa shape index (κ1) is 17.8. The monoisotopic (exact) mass is 304 g/mol. The van der Waals surface area contributed by atoms with Crippen molar-refractivity contribution in [1.82, 2.24) is 10.9 Å². The normalized spacial score (nSPS) is 9.86. The minimum Gasteiger partial charge on any atom is -0.489 e. The van der Waals surface area contributed by atoms with Gasteiger partial charge >= 0.3 is 0 Å². The summed E-state index contributed by atoms with van der Waals surface area (Å²) in [5.41, 5.74) is 5.21. The van der Waals surface area contributed by atoms with Gasteiger partial charge in [-0.25, -0.2) is 0 Å². The molecule has 0 spiro atoms. The first-order valence-corrected chi connectivity index (χ1v) is 7.61. The molecule has 1 aromatic rings. The second kappa shape index (κ2) is 10.4. The van der Waals surface area contributed by atoms with Crippen LogP contribution in [0.4, 0.5) is 0 Å². The molecule has 0 heterocycles. The largest absolute Gasteiger partial charge is 0.489 e. The summed E-state index contributed by atoms with van der Waals surface area (Å²) in [5.74, 6) is -0.132. The molecule has 0 aliphatic heterocycles. The molecule has 0 unspecified atom stereocenters. The molecule has 0 saturated heterocycles. The van der Waals surface area contributed by atoms with Gasteiger partial charge in [0.15, 0.2) is 0 Å². The van der Waals surface area contributed by atoms with Crippen molar-refractivity contribution in [3.63, 3.8) is 0 Å². The zero-order valence-corrected chi connectivity index (χ0v) is 13.1. The smallest absolute Gasteiger partial charge is 0.273 e. The maximum absolute atomic E-state index is 12.1. The topological polar surface area (TPSA) is 67.4 Å². The van der Waals surface area contributed by atoms with Gasteiger partial charge < -0.3 is 4.74 Å². The Morgan fingerprint density at radius 3 is 2.68 bits per heavy atom. The Hall–Kier alpha value is -2.30. The molecule has 0 aromatic heterocycles. The summed E-state index contributed by atoms with van der Waals surface area (Å²) in [6.45, 7) is 6.00. The van der Waals surface area contributed by atoms with Crippen molar-refractivity contribution in [3.05, 3.63) is 42.5 Å². The Kier molecular flexibility index (Phi) is 8.42. The molecule has 0 aliphatic rings. The first-order valence-electron chi connectivity index (χ1n) is 7.61. The molecule has 0 bridgehead atoms. The SMILES string of the molecule is C=CCOc1ccccc1C(=O)NNC(=O)CCCCCC. The molecular weight excluding hydrogens is 280 g/mol. The van der Waals surface area contributed by atoms with Crippen LogP contribution in [-0.4, -0.2) is 18.4 Å². The van der Waals surface area contributed by atoms with Gasteiger partial charge in [-0.15, -0.1) is 0 Å². The highest BCUT2D eigenvalue weighted by atomic mass is 16.5. The summed E-state index contributed by atoms with van der Waals surface area (Å²) >= 11 is 0. The van der Waals surface area contributed by atoms with Crippen LogP contribution < -0.4 is 15.6 Å². The lowest BCUT2D eigenvalue weighted by molar-refractivity contribution is -0.122. The van der Waals surface area contributed by atoms with Crippen LogP contribution in [0.25, 0.3) is 0 Å². The van der Waals surface area contributed by atoms with E-state index in [1.165, 1.54) is 0 Å². The summed E-state index contributed by atoms with van der Waals surface area (Å²) in [7, 11) is 0. The minimum atomic E-state index is -0.401. The third-order valence-electron chi connectivity index (χ3n) is 3.06. The fraction of sp³-hybridized carbons (Fsp3) is 0.412. The lowest BCUT2D eigenvalue weighted by Crippen LogP contribution is -2.41. The van der Waals surface area contributed by atoms with Crippen LogP contribution in [0.2, 0.25) is 0 Å². The van der Waals surface area contributed by atoms with Crippen LogP contribution in [0.1, 0.15) is 49.4 Å². The van der Waals surface area contributed by atoms with Crippen molar-refractivity contribution >= 4 is 11.8 Å². The quantitative estimate of drug-likeness (QED) is 0.419. The van der Waals surface area contributed by atoms with Gasteiger partial charge in [0.05, 0.1) is 5.56 Å². The number of amides is 2. The Bertz CT molecular complexity index is 500. The minimum absolute atomic E-state index is 0.186. The number of rotatable bonds is 9. The van der Waals surface area contributed by atoms with E-state index in [1.54, 1.807) is 30.3 Å². The number of hydrogen-bond acceptors (Lipinski definition) is 3. The number of ether oxygens (including phenoxy) is 1. The van der Waals surface area contributed by atoms with Crippen LogP contribution >= 0.6 is 0 Å². The van der Waals surface area contributed by atoms with Crippen molar-refractivity contribution in [1.29, 1.82) is 0 Å². The van der Waals surface area contributed by atoms with Gasteiger partial charge in [-0.3, -0.25) is 20.4 Å². The summed E-state index contributed by atoms with van der Waals surface area (Å²) in [6, 6.07) is 6.86. The number of hydrogen-bond donors (Lipinski definition) is 2. The van der Waals surface area contributed by atoms with E-state index < -0.39 is 5.91 Å². The second-order valence-electron chi connectivity index (χ2n) is 4.91. The van der Waals surface area contributed by atoms with Gasteiger partial charge in [-0.1, -0.05) is 51.0 Å². The highest BCUT2D eigenvalue weighted by Crippen LogP contribution is 2.17. The molecule has 5 nitrogen and oxygen atoms in total. The molecule has 0 aliphatic carbocycles. The van der Waals surface area contributed by atoms with E-state index in [9.17, 15) is 9.59 Å². The average Bonchev–Trinajstić information content (AvgIpc) is 2.55. The molecule has 120 valence electrons. The number of unbranched alkanes of at least 4 members (excludes halogenated alkanes) is 3. The van der Waals surface area contributed by atoms with Crippen molar-refractivity contribution in [2.24, 2.45) is 0 Å².